The summed E-state index contributed by atoms with van der Waals surface area (Å²) in [6.45, 7) is 0. The molecule has 0 N–H and O–H groups in total. The summed E-state index contributed by atoms with van der Waals surface area (Å²) in [7, 11) is 1.99. The average Bonchev–Trinajstić information content (AvgIpc) is 3.75. The van der Waals surface area contributed by atoms with Gasteiger partial charge in [0.2, 0.25) is 5.95 Å². The molecule has 0 radical (unpaired) electrons. The number of nitrogens with zero attached hydrogens (tertiary/aromatic N) is 7. The van der Waals surface area contributed by atoms with Gasteiger partial charge in [0.15, 0.2) is 0 Å². The molecule has 0 fully saturated rings. The molecule has 0 unspecified atom stereocenters. The monoisotopic (exact) mass is 1100 g/mol. The summed E-state index contributed by atoms with van der Waals surface area (Å²) < 4.78 is 16.7. The molecule has 0 amide bonds. The number of aryl methyl sites for hydroxylation is 1. The van der Waals surface area contributed by atoms with E-state index in [-0.39, 0.29) is 42.1 Å². The average molecular weight is 1100 g/mol. The van der Waals surface area contributed by atoms with Crippen molar-refractivity contribution in [2.24, 2.45) is 7.05 Å². The van der Waals surface area contributed by atoms with Gasteiger partial charge in [0.05, 0.1) is 16.6 Å². The Morgan fingerprint density at radius 1 is 0.509 bits per heavy atom. The Kier molecular flexibility index (Phi) is 10.6. The second-order valence-electron chi connectivity index (χ2n) is 12.8. The van der Waals surface area contributed by atoms with Crippen LogP contribution in [-0.4, -0.2) is 34.1 Å². The Labute approximate surface area is 356 Å². The number of rotatable bonds is 8. The molecule has 57 heavy (non-hydrogen) atoms. The van der Waals surface area contributed by atoms with Gasteiger partial charge in [0.25, 0.3) is 0 Å². The molecule has 5 heterocycles. The fraction of sp³-hybridized carbons (Fsp3) is 0.0217. The summed E-state index contributed by atoms with van der Waals surface area (Å²) in [5.74, 6) is 3.27. The molecule has 0 aliphatic carbocycles. The van der Waals surface area contributed by atoms with E-state index >= 15 is 0 Å². The second kappa shape index (κ2) is 16.1. The predicted octanol–water partition coefficient (Wildman–Crippen LogP) is 10.0. The van der Waals surface area contributed by atoms with Crippen molar-refractivity contribution in [1.82, 2.24) is 34.1 Å². The van der Waals surface area contributed by atoms with Crippen molar-refractivity contribution in [2.75, 3.05) is 0 Å². The van der Waals surface area contributed by atoms with Crippen LogP contribution in [0, 0.1) is 24.3 Å². The van der Waals surface area contributed by atoms with Crippen molar-refractivity contribution in [3.63, 3.8) is 0 Å². The topological polar surface area (TPSA) is 92.8 Å². The zero-order chi connectivity index (χ0) is 36.7. The summed E-state index contributed by atoms with van der Waals surface area (Å²) in [6, 6.07) is 52.5. The van der Waals surface area contributed by atoms with Crippen molar-refractivity contribution in [1.29, 1.82) is 0 Å². The van der Waals surface area contributed by atoms with Gasteiger partial charge in [-0.15, -0.1) is 71.8 Å². The standard InChI is InChI=1S/C46H27N7O2.2Pt/c1-52-42-17-3-2-16-41(42)51-45(52)32-28-49-46(50-29-32)53-43-26-35(54-33-12-8-10-30(24-33)39-14-4-6-22-47-39)18-20-37(43)38-21-19-36(27-44(38)53)55-34-13-9-11-31(25-34)40-15-5-7-23-48-40;;/h2-23,28-29H,1H3;;/q-4;2*+2. The zero-order valence-corrected chi connectivity index (χ0v) is 34.5. The molecule has 11 heteroatoms. The van der Waals surface area contributed by atoms with Crippen LogP contribution in [0.2, 0.25) is 0 Å². The maximum atomic E-state index is 6.36. The van der Waals surface area contributed by atoms with Gasteiger partial charge in [0, 0.05) is 54.8 Å². The maximum absolute atomic E-state index is 6.36. The quantitative estimate of drug-likeness (QED) is 0.140. The maximum Gasteiger partial charge on any atom is 2.00 e. The smallest absolute Gasteiger partial charge is 0.503 e. The molecule has 0 aliphatic heterocycles. The minimum Gasteiger partial charge on any atom is -0.503 e. The van der Waals surface area contributed by atoms with Crippen LogP contribution in [0.4, 0.5) is 0 Å². The van der Waals surface area contributed by atoms with E-state index in [1.165, 1.54) is 0 Å². The van der Waals surface area contributed by atoms with Crippen LogP contribution in [0.5, 0.6) is 23.0 Å². The Bertz CT molecular complexity index is 2860. The summed E-state index contributed by atoms with van der Waals surface area (Å²) in [5, 5.41) is 1.84. The molecule has 10 rings (SSSR count). The summed E-state index contributed by atoms with van der Waals surface area (Å²) >= 11 is 0. The summed E-state index contributed by atoms with van der Waals surface area (Å²) in [5.41, 5.74) is 7.40. The van der Waals surface area contributed by atoms with E-state index in [0.29, 0.717) is 40.0 Å². The molecule has 0 aliphatic rings. The van der Waals surface area contributed by atoms with E-state index in [9.17, 15) is 0 Å². The molecule has 0 atom stereocenters. The van der Waals surface area contributed by atoms with Crippen molar-refractivity contribution < 1.29 is 51.6 Å². The third kappa shape index (κ3) is 7.28. The first-order valence-electron chi connectivity index (χ1n) is 17.5. The van der Waals surface area contributed by atoms with E-state index in [1.807, 2.05) is 138 Å². The van der Waals surface area contributed by atoms with Crippen LogP contribution in [0.15, 0.2) is 146 Å². The minimum absolute atomic E-state index is 0. The Morgan fingerprint density at radius 2 is 1.04 bits per heavy atom. The molecule has 5 aromatic carbocycles. The van der Waals surface area contributed by atoms with Crippen molar-refractivity contribution in [3.05, 3.63) is 170 Å². The van der Waals surface area contributed by atoms with Gasteiger partial charge < -0.3 is 28.6 Å². The number of para-hydroxylation sites is 2. The molecule has 0 spiro atoms. The van der Waals surface area contributed by atoms with E-state index in [4.69, 9.17) is 24.4 Å². The van der Waals surface area contributed by atoms with Crippen LogP contribution >= 0.6 is 0 Å². The number of fused-ring (bicyclic) bond motifs is 4. The summed E-state index contributed by atoms with van der Waals surface area (Å²) in [4.78, 5) is 23.5. The van der Waals surface area contributed by atoms with Crippen molar-refractivity contribution >= 4 is 32.8 Å². The van der Waals surface area contributed by atoms with Crippen LogP contribution in [0.1, 0.15) is 0 Å². The second-order valence-corrected chi connectivity index (χ2v) is 12.8. The number of imidazole rings is 1. The molecular formula is C46H27N7O2Pt2. The normalized spacial score (nSPS) is 11.0. The van der Waals surface area contributed by atoms with Gasteiger partial charge >= 0.3 is 42.1 Å². The summed E-state index contributed by atoms with van der Waals surface area (Å²) in [6.07, 6.45) is 7.10. The molecule has 9 nitrogen and oxygen atoms in total. The zero-order valence-electron chi connectivity index (χ0n) is 29.9. The molecular weight excluding hydrogens is 1070 g/mol. The number of aromatic nitrogens is 7. The third-order valence-corrected chi connectivity index (χ3v) is 9.28. The van der Waals surface area contributed by atoms with Gasteiger partial charge in [0.1, 0.15) is 5.82 Å². The van der Waals surface area contributed by atoms with E-state index in [0.717, 1.165) is 55.7 Å². The fourth-order valence-electron chi connectivity index (χ4n) is 6.70. The van der Waals surface area contributed by atoms with Gasteiger partial charge in [-0.3, -0.25) is 0 Å². The molecule has 5 aromatic heterocycles. The molecule has 0 saturated heterocycles. The van der Waals surface area contributed by atoms with E-state index < -0.39 is 0 Å². The predicted molar refractivity (Wildman–Crippen MR) is 211 cm³/mol. The number of ether oxygens (including phenoxy) is 2. The Hall–Kier alpha value is -6.27. The molecule has 0 saturated carbocycles. The first kappa shape index (κ1) is 37.6. The number of hydrogen-bond acceptors (Lipinski definition) is 7. The van der Waals surface area contributed by atoms with Crippen LogP contribution in [0.3, 0.4) is 0 Å². The number of hydrogen-bond donors (Lipinski definition) is 0. The van der Waals surface area contributed by atoms with Gasteiger partial charge in [-0.25, -0.2) is 15.0 Å². The number of pyridine rings is 2. The van der Waals surface area contributed by atoms with Crippen LogP contribution in [0.25, 0.3) is 72.7 Å². The first-order chi connectivity index (χ1) is 27.1. The molecule has 10 aromatic rings. The largest absolute Gasteiger partial charge is 2.00 e. The van der Waals surface area contributed by atoms with Gasteiger partial charge in [-0.1, -0.05) is 59.6 Å². The molecule has 278 valence electrons. The number of benzene rings is 5. The minimum atomic E-state index is 0. The Morgan fingerprint density at radius 3 is 1.56 bits per heavy atom. The van der Waals surface area contributed by atoms with Gasteiger partial charge in [-0.05, 0) is 35.7 Å². The molecule has 0 bridgehead atoms. The van der Waals surface area contributed by atoms with E-state index in [1.54, 1.807) is 24.8 Å². The van der Waals surface area contributed by atoms with Gasteiger partial charge in [-0.2, -0.15) is 22.9 Å². The van der Waals surface area contributed by atoms with Crippen LogP contribution < -0.4 is 9.47 Å². The Balaban J connectivity index is 0.00000228. The van der Waals surface area contributed by atoms with E-state index in [2.05, 4.69) is 34.2 Å². The SMILES string of the molecule is Cn1c(-c2cnc(-n3c4[c-]c(Oc5[c-]c(-c6ccccn6)ccc5)ccc4c4ccc(Oc5[c-]c(-c6ccccn6)ccc5)[c-]c43)nc2)nc2ccccc21.[Pt+2].[Pt+2]. The van der Waals surface area contributed by atoms with Crippen molar-refractivity contribution in [3.8, 4) is 62.8 Å². The fourth-order valence-corrected chi connectivity index (χ4v) is 6.70. The first-order valence-corrected chi connectivity index (χ1v) is 17.5. The third-order valence-electron chi connectivity index (χ3n) is 9.28. The van der Waals surface area contributed by atoms with Crippen molar-refractivity contribution in [2.45, 2.75) is 0 Å². The van der Waals surface area contributed by atoms with Crippen LogP contribution in [-0.2, 0) is 49.2 Å².